The van der Waals surface area contributed by atoms with Crippen molar-refractivity contribution < 1.29 is 14.6 Å². The molecule has 29 heavy (non-hydrogen) atoms. The highest BCUT2D eigenvalue weighted by molar-refractivity contribution is 7.80. The van der Waals surface area contributed by atoms with Gasteiger partial charge in [-0.2, -0.15) is 0 Å². The van der Waals surface area contributed by atoms with E-state index in [0.717, 1.165) is 22.6 Å². The van der Waals surface area contributed by atoms with Crippen molar-refractivity contribution in [2.45, 2.75) is 13.1 Å². The number of hydrogen-bond acceptors (Lipinski definition) is 4. The van der Waals surface area contributed by atoms with Crippen LogP contribution in [0.15, 0.2) is 72.8 Å². The summed E-state index contributed by atoms with van der Waals surface area (Å²) in [6.45, 7) is 0.969. The molecular weight excluding hydrogens is 384 g/mol. The van der Waals surface area contributed by atoms with Gasteiger partial charge in [-0.25, -0.2) is 0 Å². The number of benzene rings is 3. The lowest BCUT2D eigenvalue weighted by molar-refractivity contribution is 0.414. The summed E-state index contributed by atoms with van der Waals surface area (Å²) in [6, 6.07) is 22.7. The van der Waals surface area contributed by atoms with Crippen molar-refractivity contribution in [1.29, 1.82) is 0 Å². The molecule has 0 aromatic heterocycles. The molecule has 0 aliphatic carbocycles. The lowest BCUT2D eigenvalue weighted by Gasteiger charge is -2.28. The third kappa shape index (κ3) is 5.18. The summed E-state index contributed by atoms with van der Waals surface area (Å²) in [5, 5.41) is 14.1. The van der Waals surface area contributed by atoms with Crippen LogP contribution < -0.4 is 19.7 Å². The van der Waals surface area contributed by atoms with Crippen molar-refractivity contribution in [2.24, 2.45) is 0 Å². The maximum Gasteiger partial charge on any atom is 0.174 e. The standard InChI is InChI=1S/C23H24N2O3S/c1-27-19-13-11-17(12-14-19)15-24-23(29)25(16-18-7-3-5-9-21(18)26)20-8-4-6-10-22(20)28-2/h3-14,26H,15-16H2,1-2H3,(H,24,29). The van der Waals surface area contributed by atoms with Gasteiger partial charge in [0.1, 0.15) is 17.2 Å². The van der Waals surface area contributed by atoms with Gasteiger partial charge in [0.25, 0.3) is 0 Å². The topological polar surface area (TPSA) is 54.0 Å². The highest BCUT2D eigenvalue weighted by atomic mass is 32.1. The minimum atomic E-state index is 0.227. The Morgan fingerprint density at radius 1 is 0.931 bits per heavy atom. The molecule has 150 valence electrons. The zero-order chi connectivity index (χ0) is 20.6. The molecule has 0 amide bonds. The fourth-order valence-electron chi connectivity index (χ4n) is 2.95. The van der Waals surface area contributed by atoms with Crippen molar-refractivity contribution in [1.82, 2.24) is 5.32 Å². The first kappa shape index (κ1) is 20.5. The summed E-state index contributed by atoms with van der Waals surface area (Å²) in [5.74, 6) is 1.74. The van der Waals surface area contributed by atoms with Crippen molar-refractivity contribution in [2.75, 3.05) is 19.1 Å². The minimum absolute atomic E-state index is 0.227. The molecule has 3 rings (SSSR count). The van der Waals surface area contributed by atoms with Gasteiger partial charge in [0.15, 0.2) is 5.11 Å². The van der Waals surface area contributed by atoms with Crippen molar-refractivity contribution in [3.05, 3.63) is 83.9 Å². The van der Waals surface area contributed by atoms with E-state index in [0.29, 0.717) is 24.0 Å². The van der Waals surface area contributed by atoms with E-state index in [2.05, 4.69) is 5.32 Å². The molecule has 0 spiro atoms. The Balaban J connectivity index is 1.83. The Bertz CT molecular complexity index is 960. The Morgan fingerprint density at radius 2 is 1.62 bits per heavy atom. The van der Waals surface area contributed by atoms with E-state index in [1.165, 1.54) is 0 Å². The number of phenols is 1. The molecule has 2 N–H and O–H groups in total. The van der Waals surface area contributed by atoms with Gasteiger partial charge in [0.05, 0.1) is 26.5 Å². The van der Waals surface area contributed by atoms with E-state index in [1.807, 2.05) is 65.6 Å². The van der Waals surface area contributed by atoms with Crippen molar-refractivity contribution in [3.8, 4) is 17.2 Å². The molecule has 0 fully saturated rings. The first-order chi connectivity index (χ1) is 14.1. The van der Waals surface area contributed by atoms with E-state index in [9.17, 15) is 5.11 Å². The number of hydrogen-bond donors (Lipinski definition) is 2. The van der Waals surface area contributed by atoms with E-state index in [-0.39, 0.29) is 5.75 Å². The van der Waals surface area contributed by atoms with Crippen molar-refractivity contribution in [3.63, 3.8) is 0 Å². The Labute approximate surface area is 176 Å². The number of nitrogens with zero attached hydrogens (tertiary/aromatic N) is 1. The molecule has 0 aliphatic rings. The normalized spacial score (nSPS) is 10.3. The van der Waals surface area contributed by atoms with Crippen LogP contribution in [-0.4, -0.2) is 24.4 Å². The number of phenolic OH excluding ortho intramolecular Hbond substituents is 1. The monoisotopic (exact) mass is 408 g/mol. The molecule has 6 heteroatoms. The minimum Gasteiger partial charge on any atom is -0.508 e. The first-order valence-electron chi connectivity index (χ1n) is 9.20. The van der Waals surface area contributed by atoms with Crippen LogP contribution in [0.1, 0.15) is 11.1 Å². The highest BCUT2D eigenvalue weighted by Crippen LogP contribution is 2.30. The van der Waals surface area contributed by atoms with Gasteiger partial charge in [-0.3, -0.25) is 0 Å². The second-order valence-corrected chi connectivity index (χ2v) is 6.78. The number of nitrogens with one attached hydrogen (secondary N) is 1. The SMILES string of the molecule is COc1ccc(CNC(=S)N(Cc2ccccc2O)c2ccccc2OC)cc1. The number of ether oxygens (including phenoxy) is 2. The molecule has 0 radical (unpaired) electrons. The molecule has 0 heterocycles. The van der Waals surface area contributed by atoms with E-state index < -0.39 is 0 Å². The number of aromatic hydroxyl groups is 1. The summed E-state index contributed by atoms with van der Waals surface area (Å²) in [4.78, 5) is 1.92. The molecule has 5 nitrogen and oxygen atoms in total. The summed E-state index contributed by atoms with van der Waals surface area (Å²) in [5.41, 5.74) is 2.67. The number of anilines is 1. The van der Waals surface area contributed by atoms with E-state index in [1.54, 1.807) is 26.4 Å². The fraction of sp³-hybridized carbons (Fsp3) is 0.174. The third-order valence-electron chi connectivity index (χ3n) is 4.54. The van der Waals surface area contributed by atoms with Crippen LogP contribution in [0.25, 0.3) is 0 Å². The zero-order valence-electron chi connectivity index (χ0n) is 16.5. The molecule has 0 bridgehead atoms. The summed E-state index contributed by atoms with van der Waals surface area (Å²) in [7, 11) is 3.28. The third-order valence-corrected chi connectivity index (χ3v) is 4.91. The average molecular weight is 409 g/mol. The summed E-state index contributed by atoms with van der Waals surface area (Å²) in [6.07, 6.45) is 0. The number of rotatable bonds is 7. The Kier molecular flexibility index (Phi) is 6.92. The van der Waals surface area contributed by atoms with Gasteiger partial charge in [0.2, 0.25) is 0 Å². The molecule has 0 aliphatic heterocycles. The van der Waals surface area contributed by atoms with Gasteiger partial charge >= 0.3 is 0 Å². The van der Waals surface area contributed by atoms with Crippen LogP contribution in [0, 0.1) is 0 Å². The lowest BCUT2D eigenvalue weighted by Crippen LogP contribution is -2.39. The summed E-state index contributed by atoms with van der Waals surface area (Å²) >= 11 is 5.71. The van der Waals surface area contributed by atoms with Gasteiger partial charge in [-0.15, -0.1) is 0 Å². The molecule has 0 atom stereocenters. The van der Waals surface area contributed by atoms with Crippen molar-refractivity contribution >= 4 is 23.0 Å². The largest absolute Gasteiger partial charge is 0.508 e. The van der Waals surface area contributed by atoms with Gasteiger partial charge in [0, 0.05) is 12.1 Å². The highest BCUT2D eigenvalue weighted by Gasteiger charge is 2.18. The molecular formula is C23H24N2O3S. The van der Waals surface area contributed by atoms with Crippen LogP contribution in [0.3, 0.4) is 0 Å². The predicted molar refractivity (Wildman–Crippen MR) is 120 cm³/mol. The number of para-hydroxylation sites is 3. The van der Waals surface area contributed by atoms with Crippen LogP contribution >= 0.6 is 12.2 Å². The Morgan fingerprint density at radius 3 is 2.31 bits per heavy atom. The zero-order valence-corrected chi connectivity index (χ0v) is 17.3. The maximum absolute atomic E-state index is 10.2. The lowest BCUT2D eigenvalue weighted by atomic mass is 10.1. The predicted octanol–water partition coefficient (Wildman–Crippen LogP) is 4.49. The Hall–Kier alpha value is -3.25. The number of methoxy groups -OCH3 is 2. The molecule has 3 aromatic rings. The smallest absolute Gasteiger partial charge is 0.174 e. The molecule has 3 aromatic carbocycles. The van der Waals surface area contributed by atoms with Gasteiger partial charge in [-0.1, -0.05) is 42.5 Å². The second kappa shape index (κ2) is 9.80. The molecule has 0 saturated heterocycles. The van der Waals surface area contributed by atoms with Crippen LogP contribution in [0.2, 0.25) is 0 Å². The van der Waals surface area contributed by atoms with E-state index >= 15 is 0 Å². The maximum atomic E-state index is 10.2. The van der Waals surface area contributed by atoms with Gasteiger partial charge < -0.3 is 24.8 Å². The average Bonchev–Trinajstić information content (AvgIpc) is 2.77. The van der Waals surface area contributed by atoms with E-state index in [4.69, 9.17) is 21.7 Å². The molecule has 0 unspecified atom stereocenters. The van der Waals surface area contributed by atoms with Gasteiger partial charge in [-0.05, 0) is 48.1 Å². The second-order valence-electron chi connectivity index (χ2n) is 6.39. The fourth-order valence-corrected chi connectivity index (χ4v) is 3.19. The van der Waals surface area contributed by atoms with Crippen LogP contribution in [-0.2, 0) is 13.1 Å². The number of thiocarbonyl (C=S) groups is 1. The van der Waals surface area contributed by atoms with Crippen LogP contribution in [0.5, 0.6) is 17.2 Å². The van der Waals surface area contributed by atoms with Crippen LogP contribution in [0.4, 0.5) is 5.69 Å². The molecule has 0 saturated carbocycles. The summed E-state index contributed by atoms with van der Waals surface area (Å²) < 4.78 is 10.7. The quantitative estimate of drug-likeness (QED) is 0.562. The first-order valence-corrected chi connectivity index (χ1v) is 9.61.